The second-order valence-corrected chi connectivity index (χ2v) is 4.50. The van der Waals surface area contributed by atoms with Crippen LogP contribution in [0, 0.1) is 11.3 Å². The van der Waals surface area contributed by atoms with Crippen molar-refractivity contribution in [2.75, 3.05) is 12.4 Å². The number of nitriles is 1. The first-order valence-corrected chi connectivity index (χ1v) is 6.39. The molecule has 5 heteroatoms. The van der Waals surface area contributed by atoms with E-state index in [1.54, 1.807) is 30.1 Å². The molecule has 0 bridgehead atoms. The molecule has 1 aromatic heterocycles. The third kappa shape index (κ3) is 3.75. The fourth-order valence-corrected chi connectivity index (χ4v) is 1.98. The summed E-state index contributed by atoms with van der Waals surface area (Å²) in [6.45, 7) is 0.573. The lowest BCUT2D eigenvalue weighted by molar-refractivity contribution is 0.344. The minimum absolute atomic E-state index is 0.573. The Hall–Kier alpha value is -2.06. The van der Waals surface area contributed by atoms with Gasteiger partial charge in [0.25, 0.3) is 0 Å². The van der Waals surface area contributed by atoms with Crippen molar-refractivity contribution in [2.24, 2.45) is 0 Å². The Morgan fingerprint density at radius 2 is 2.28 bits per heavy atom. The van der Waals surface area contributed by atoms with E-state index in [0.29, 0.717) is 12.2 Å². The van der Waals surface area contributed by atoms with Gasteiger partial charge in [-0.15, -0.1) is 11.8 Å². The van der Waals surface area contributed by atoms with E-state index in [1.165, 1.54) is 6.33 Å². The van der Waals surface area contributed by atoms with Crippen LogP contribution >= 0.6 is 11.8 Å². The van der Waals surface area contributed by atoms with E-state index in [4.69, 9.17) is 10.00 Å². The standard InChI is InChI=1S/C13H11N3OS/c14-9-11-2-1-3-12(8-11)17-6-7-18-13-4-5-15-10-16-13/h1-5,8,10H,6-7H2. The molecular weight excluding hydrogens is 246 g/mol. The van der Waals surface area contributed by atoms with E-state index >= 15 is 0 Å². The number of rotatable bonds is 5. The summed E-state index contributed by atoms with van der Waals surface area (Å²) in [5, 5.41) is 9.69. The Balaban J connectivity index is 1.77. The number of hydrogen-bond donors (Lipinski definition) is 0. The lowest BCUT2D eigenvalue weighted by Crippen LogP contribution is -2.00. The second kappa shape index (κ2) is 6.62. The summed E-state index contributed by atoms with van der Waals surface area (Å²) in [6.07, 6.45) is 3.24. The van der Waals surface area contributed by atoms with Crippen LogP contribution < -0.4 is 4.74 Å². The van der Waals surface area contributed by atoms with Crippen molar-refractivity contribution in [3.8, 4) is 11.8 Å². The molecule has 0 spiro atoms. The van der Waals surface area contributed by atoms with E-state index < -0.39 is 0 Å². The number of benzene rings is 1. The first-order chi connectivity index (χ1) is 8.88. The van der Waals surface area contributed by atoms with Gasteiger partial charge in [0.2, 0.25) is 0 Å². The van der Waals surface area contributed by atoms with Crippen LogP contribution in [0.3, 0.4) is 0 Å². The molecule has 4 nitrogen and oxygen atoms in total. The van der Waals surface area contributed by atoms with Gasteiger partial charge in [-0.05, 0) is 24.3 Å². The molecule has 1 heterocycles. The zero-order valence-corrected chi connectivity index (χ0v) is 10.4. The number of aromatic nitrogens is 2. The maximum absolute atomic E-state index is 8.76. The Morgan fingerprint density at radius 3 is 3.06 bits per heavy atom. The molecule has 2 aromatic rings. The largest absolute Gasteiger partial charge is 0.493 e. The molecule has 0 radical (unpaired) electrons. The summed E-state index contributed by atoms with van der Waals surface area (Å²) < 4.78 is 5.55. The minimum atomic E-state index is 0.573. The van der Waals surface area contributed by atoms with Gasteiger partial charge in [-0.1, -0.05) is 6.07 Å². The van der Waals surface area contributed by atoms with Crippen LogP contribution in [0.4, 0.5) is 0 Å². The van der Waals surface area contributed by atoms with E-state index in [-0.39, 0.29) is 0 Å². The van der Waals surface area contributed by atoms with Crippen LogP contribution in [0.5, 0.6) is 5.75 Å². The summed E-state index contributed by atoms with van der Waals surface area (Å²) in [6, 6.07) is 11.1. The summed E-state index contributed by atoms with van der Waals surface area (Å²) in [5.74, 6) is 1.52. The van der Waals surface area contributed by atoms with E-state index in [0.717, 1.165) is 16.5 Å². The predicted octanol–water partition coefficient (Wildman–Crippen LogP) is 2.52. The van der Waals surface area contributed by atoms with Crippen LogP contribution in [-0.4, -0.2) is 22.3 Å². The van der Waals surface area contributed by atoms with Crippen molar-refractivity contribution in [2.45, 2.75) is 5.03 Å². The number of hydrogen-bond acceptors (Lipinski definition) is 5. The fraction of sp³-hybridized carbons (Fsp3) is 0.154. The van der Waals surface area contributed by atoms with E-state index in [2.05, 4.69) is 16.0 Å². The van der Waals surface area contributed by atoms with Crippen LogP contribution in [0.1, 0.15) is 5.56 Å². The van der Waals surface area contributed by atoms with Crippen molar-refractivity contribution in [1.29, 1.82) is 5.26 Å². The molecule has 0 aliphatic rings. The van der Waals surface area contributed by atoms with Gasteiger partial charge in [0.1, 0.15) is 12.1 Å². The molecule has 0 unspecified atom stereocenters. The molecule has 0 aliphatic carbocycles. The van der Waals surface area contributed by atoms with Crippen molar-refractivity contribution in [1.82, 2.24) is 9.97 Å². The number of ether oxygens (including phenoxy) is 1. The molecule has 0 N–H and O–H groups in total. The molecule has 0 atom stereocenters. The zero-order valence-electron chi connectivity index (χ0n) is 9.61. The van der Waals surface area contributed by atoms with E-state index in [9.17, 15) is 0 Å². The molecule has 1 aromatic carbocycles. The predicted molar refractivity (Wildman–Crippen MR) is 69.4 cm³/mol. The maximum Gasteiger partial charge on any atom is 0.120 e. The van der Waals surface area contributed by atoms with E-state index in [1.807, 2.05) is 18.2 Å². The normalized spacial score (nSPS) is 9.72. The smallest absolute Gasteiger partial charge is 0.120 e. The van der Waals surface area contributed by atoms with Gasteiger partial charge >= 0.3 is 0 Å². The summed E-state index contributed by atoms with van der Waals surface area (Å²) in [7, 11) is 0. The minimum Gasteiger partial charge on any atom is -0.493 e. The maximum atomic E-state index is 8.76. The highest BCUT2D eigenvalue weighted by atomic mass is 32.2. The lowest BCUT2D eigenvalue weighted by Gasteiger charge is -2.05. The average Bonchev–Trinajstić information content (AvgIpc) is 2.45. The van der Waals surface area contributed by atoms with Gasteiger partial charge < -0.3 is 4.74 Å². The van der Waals surface area contributed by atoms with Crippen molar-refractivity contribution in [3.63, 3.8) is 0 Å². The first kappa shape index (κ1) is 12.4. The topological polar surface area (TPSA) is 58.8 Å². The van der Waals surface area contributed by atoms with Gasteiger partial charge in [-0.3, -0.25) is 0 Å². The van der Waals surface area contributed by atoms with Crippen LogP contribution in [-0.2, 0) is 0 Å². The summed E-state index contributed by atoms with van der Waals surface area (Å²) in [4.78, 5) is 7.96. The molecule has 2 rings (SSSR count). The Bertz CT molecular complexity index is 539. The third-order valence-corrected chi connectivity index (χ3v) is 3.03. The van der Waals surface area contributed by atoms with Crippen molar-refractivity contribution < 1.29 is 4.74 Å². The molecule has 0 saturated carbocycles. The zero-order chi connectivity index (χ0) is 12.6. The van der Waals surface area contributed by atoms with Crippen LogP contribution in [0.15, 0.2) is 47.9 Å². The quantitative estimate of drug-likeness (QED) is 0.468. The number of thioether (sulfide) groups is 1. The summed E-state index contributed by atoms with van der Waals surface area (Å²) >= 11 is 1.61. The molecule has 0 saturated heterocycles. The molecule has 90 valence electrons. The second-order valence-electron chi connectivity index (χ2n) is 3.38. The SMILES string of the molecule is N#Cc1cccc(OCCSc2ccncn2)c1. The molecule has 18 heavy (non-hydrogen) atoms. The van der Waals surface area contributed by atoms with Gasteiger partial charge in [0.15, 0.2) is 0 Å². The Kier molecular flexibility index (Phi) is 4.56. The molecule has 0 fully saturated rings. The fourth-order valence-electron chi connectivity index (χ4n) is 1.33. The van der Waals surface area contributed by atoms with Gasteiger partial charge in [-0.25, -0.2) is 9.97 Å². The number of nitrogens with zero attached hydrogens (tertiary/aromatic N) is 3. The Morgan fingerprint density at radius 1 is 1.33 bits per heavy atom. The molecular formula is C13H11N3OS. The highest BCUT2D eigenvalue weighted by Crippen LogP contribution is 2.15. The lowest BCUT2D eigenvalue weighted by atomic mass is 10.2. The van der Waals surface area contributed by atoms with Crippen LogP contribution in [0.2, 0.25) is 0 Å². The van der Waals surface area contributed by atoms with Gasteiger partial charge in [0.05, 0.1) is 23.3 Å². The highest BCUT2D eigenvalue weighted by Gasteiger charge is 1.97. The molecule has 0 aliphatic heterocycles. The first-order valence-electron chi connectivity index (χ1n) is 5.40. The third-order valence-electron chi connectivity index (χ3n) is 2.12. The Labute approximate surface area is 110 Å². The average molecular weight is 257 g/mol. The van der Waals surface area contributed by atoms with Gasteiger partial charge in [0, 0.05) is 11.9 Å². The van der Waals surface area contributed by atoms with Gasteiger partial charge in [-0.2, -0.15) is 5.26 Å². The molecule has 0 amide bonds. The van der Waals surface area contributed by atoms with Crippen molar-refractivity contribution >= 4 is 11.8 Å². The highest BCUT2D eigenvalue weighted by molar-refractivity contribution is 7.99. The monoisotopic (exact) mass is 257 g/mol. The summed E-state index contributed by atoms with van der Waals surface area (Å²) in [5.41, 5.74) is 0.607. The van der Waals surface area contributed by atoms with Crippen molar-refractivity contribution in [3.05, 3.63) is 48.4 Å². The van der Waals surface area contributed by atoms with Crippen LogP contribution in [0.25, 0.3) is 0 Å².